The standard InChI is InChI=1S/C30H35N3O5/c1-20-31-23-9-4-5-10-24(23)33(20)17-26(34)32-15-7-13-30(18-32)16-22-28(37-19-30)21-8-3-6-11-25(21)38-29(22,2)14-12-27(35)36/h3-6,8-11,22,28H,7,12-19H2,1-2H3,(H,35,36)/t22-,28+,29-,30-/m1/s1. The summed E-state index contributed by atoms with van der Waals surface area (Å²) in [4.78, 5) is 31.7. The number of likely N-dealkylation sites (tertiary alicyclic amines) is 1. The van der Waals surface area contributed by atoms with E-state index in [-0.39, 0.29) is 36.3 Å². The minimum absolute atomic E-state index is 0.000360. The molecule has 1 aromatic heterocycles. The molecule has 1 N–H and O–H groups in total. The monoisotopic (exact) mass is 517 g/mol. The van der Waals surface area contributed by atoms with Crippen LogP contribution < -0.4 is 4.74 Å². The third kappa shape index (κ3) is 4.34. The zero-order valence-electron chi connectivity index (χ0n) is 22.1. The highest BCUT2D eigenvalue weighted by Crippen LogP contribution is 2.56. The molecule has 2 aromatic carbocycles. The van der Waals surface area contributed by atoms with Gasteiger partial charge in [-0.15, -0.1) is 0 Å². The first-order valence-corrected chi connectivity index (χ1v) is 13.6. The molecule has 2 fully saturated rings. The van der Waals surface area contributed by atoms with E-state index in [0.717, 1.165) is 54.0 Å². The zero-order valence-corrected chi connectivity index (χ0v) is 22.1. The number of amides is 1. The van der Waals surface area contributed by atoms with E-state index in [0.29, 0.717) is 19.6 Å². The largest absolute Gasteiger partial charge is 0.487 e. The molecule has 3 aliphatic rings. The summed E-state index contributed by atoms with van der Waals surface area (Å²) in [5.74, 6) is 0.883. The van der Waals surface area contributed by atoms with Crippen molar-refractivity contribution in [3.63, 3.8) is 0 Å². The van der Waals surface area contributed by atoms with Crippen LogP contribution in [0.4, 0.5) is 0 Å². The van der Waals surface area contributed by atoms with Crippen LogP contribution in [0, 0.1) is 18.3 Å². The number of ether oxygens (including phenoxy) is 2. The number of hydrogen-bond acceptors (Lipinski definition) is 5. The lowest BCUT2D eigenvalue weighted by Crippen LogP contribution is -2.57. The Morgan fingerprint density at radius 3 is 2.79 bits per heavy atom. The topological polar surface area (TPSA) is 93.9 Å². The number of benzene rings is 2. The molecule has 200 valence electrons. The number of fused-ring (bicyclic) bond motifs is 4. The lowest BCUT2D eigenvalue weighted by atomic mass is 9.64. The Morgan fingerprint density at radius 2 is 1.95 bits per heavy atom. The quantitative estimate of drug-likeness (QED) is 0.525. The van der Waals surface area contributed by atoms with E-state index in [2.05, 4.69) is 11.1 Å². The van der Waals surface area contributed by atoms with Gasteiger partial charge in [-0.2, -0.15) is 0 Å². The number of hydrogen-bond donors (Lipinski definition) is 1. The smallest absolute Gasteiger partial charge is 0.303 e. The molecule has 4 heterocycles. The van der Waals surface area contributed by atoms with E-state index in [1.165, 1.54) is 0 Å². The Kier molecular flexibility index (Phi) is 6.17. The third-order valence-electron chi connectivity index (χ3n) is 8.93. The van der Waals surface area contributed by atoms with Crippen LogP contribution in [0.5, 0.6) is 5.75 Å². The van der Waals surface area contributed by atoms with Crippen molar-refractivity contribution in [1.29, 1.82) is 0 Å². The first-order chi connectivity index (χ1) is 18.3. The maximum absolute atomic E-state index is 13.6. The molecule has 0 aliphatic carbocycles. The van der Waals surface area contributed by atoms with E-state index in [4.69, 9.17) is 9.47 Å². The van der Waals surface area contributed by atoms with Gasteiger partial charge in [-0.1, -0.05) is 30.3 Å². The summed E-state index contributed by atoms with van der Waals surface area (Å²) in [6.07, 6.45) is 3.03. The Labute approximate surface area is 222 Å². The number of carbonyl (C=O) groups is 2. The summed E-state index contributed by atoms with van der Waals surface area (Å²) in [6, 6.07) is 15.9. The Bertz CT molecular complexity index is 1390. The van der Waals surface area contributed by atoms with Crippen molar-refractivity contribution in [2.24, 2.45) is 11.3 Å². The molecule has 4 atom stereocenters. The third-order valence-corrected chi connectivity index (χ3v) is 8.93. The van der Waals surface area contributed by atoms with Gasteiger partial charge in [0.25, 0.3) is 0 Å². The lowest BCUT2D eigenvalue weighted by molar-refractivity contribution is -0.185. The maximum atomic E-state index is 13.6. The molecule has 1 amide bonds. The van der Waals surface area contributed by atoms with Crippen LogP contribution in [0.25, 0.3) is 11.0 Å². The predicted molar refractivity (Wildman–Crippen MR) is 142 cm³/mol. The van der Waals surface area contributed by atoms with Crippen LogP contribution in [-0.4, -0.2) is 56.7 Å². The van der Waals surface area contributed by atoms with Crippen molar-refractivity contribution in [2.45, 2.75) is 64.2 Å². The molecular weight excluding hydrogens is 482 g/mol. The fourth-order valence-electron chi connectivity index (χ4n) is 6.92. The molecule has 6 rings (SSSR count). The first-order valence-electron chi connectivity index (χ1n) is 13.6. The minimum Gasteiger partial charge on any atom is -0.487 e. The molecule has 3 aromatic rings. The fraction of sp³-hybridized carbons (Fsp3) is 0.500. The average molecular weight is 518 g/mol. The van der Waals surface area contributed by atoms with E-state index in [1.807, 2.05) is 65.8 Å². The van der Waals surface area contributed by atoms with Crippen LogP contribution in [-0.2, 0) is 20.9 Å². The Hall–Kier alpha value is -3.39. The van der Waals surface area contributed by atoms with Crippen LogP contribution >= 0.6 is 0 Å². The average Bonchev–Trinajstić information content (AvgIpc) is 3.22. The number of nitrogens with zero attached hydrogens (tertiary/aromatic N) is 3. The highest BCUT2D eigenvalue weighted by atomic mass is 16.5. The van der Waals surface area contributed by atoms with Crippen molar-refractivity contribution in [2.75, 3.05) is 19.7 Å². The highest BCUT2D eigenvalue weighted by Gasteiger charge is 2.54. The van der Waals surface area contributed by atoms with E-state index < -0.39 is 11.6 Å². The number of rotatable bonds is 5. The fourth-order valence-corrected chi connectivity index (χ4v) is 6.92. The van der Waals surface area contributed by atoms with Gasteiger partial charge in [0.15, 0.2) is 0 Å². The van der Waals surface area contributed by atoms with Crippen molar-refractivity contribution in [3.8, 4) is 5.75 Å². The van der Waals surface area contributed by atoms with Crippen LogP contribution in [0.2, 0.25) is 0 Å². The Balaban J connectivity index is 1.24. The van der Waals surface area contributed by atoms with Gasteiger partial charge in [0.05, 0.1) is 23.7 Å². The Morgan fingerprint density at radius 1 is 1.16 bits per heavy atom. The lowest BCUT2D eigenvalue weighted by Gasteiger charge is -2.55. The number of carboxylic acid groups (broad SMARTS) is 1. The molecule has 8 nitrogen and oxygen atoms in total. The number of aryl methyl sites for hydroxylation is 1. The number of aromatic nitrogens is 2. The molecule has 0 unspecified atom stereocenters. The van der Waals surface area contributed by atoms with Gasteiger partial charge in [-0.05, 0) is 57.7 Å². The number of para-hydroxylation sites is 3. The van der Waals surface area contributed by atoms with Crippen LogP contribution in [0.1, 0.15) is 56.5 Å². The first kappa shape index (κ1) is 24.9. The van der Waals surface area contributed by atoms with Gasteiger partial charge < -0.3 is 24.0 Å². The van der Waals surface area contributed by atoms with E-state index in [9.17, 15) is 14.7 Å². The van der Waals surface area contributed by atoms with Crippen molar-refractivity contribution < 1.29 is 24.2 Å². The summed E-state index contributed by atoms with van der Waals surface area (Å²) >= 11 is 0. The molecule has 38 heavy (non-hydrogen) atoms. The van der Waals surface area contributed by atoms with E-state index >= 15 is 0 Å². The van der Waals surface area contributed by atoms with Gasteiger partial charge in [-0.25, -0.2) is 4.98 Å². The van der Waals surface area contributed by atoms with Gasteiger partial charge >= 0.3 is 5.97 Å². The summed E-state index contributed by atoms with van der Waals surface area (Å²) in [5, 5.41) is 9.44. The molecule has 1 spiro atoms. The molecule has 8 heteroatoms. The van der Waals surface area contributed by atoms with Gasteiger partial charge in [0, 0.05) is 36.4 Å². The molecule has 0 saturated carbocycles. The summed E-state index contributed by atoms with van der Waals surface area (Å²) in [7, 11) is 0. The summed E-state index contributed by atoms with van der Waals surface area (Å²) < 4.78 is 15.2. The normalized spacial score (nSPS) is 28.5. The maximum Gasteiger partial charge on any atom is 0.303 e. The second kappa shape index (κ2) is 9.42. The number of aliphatic carboxylic acids is 1. The van der Waals surface area contributed by atoms with Crippen LogP contribution in [0.15, 0.2) is 48.5 Å². The molecule has 2 saturated heterocycles. The predicted octanol–water partition coefficient (Wildman–Crippen LogP) is 4.75. The van der Waals surface area contributed by atoms with Crippen LogP contribution in [0.3, 0.4) is 0 Å². The minimum atomic E-state index is -0.826. The van der Waals surface area contributed by atoms with Gasteiger partial charge in [-0.3, -0.25) is 9.59 Å². The van der Waals surface area contributed by atoms with Gasteiger partial charge in [0.1, 0.15) is 23.7 Å². The highest BCUT2D eigenvalue weighted by molar-refractivity contribution is 5.81. The molecule has 0 radical (unpaired) electrons. The molecule has 0 bridgehead atoms. The second-order valence-corrected chi connectivity index (χ2v) is 11.5. The number of carboxylic acids is 1. The SMILES string of the molecule is Cc1nc2ccccc2n1CC(=O)N1CCC[C@]2(CO[C@H]3c4ccccc4O[C@](C)(CCC(=O)O)[C@@H]3C2)C1. The zero-order chi connectivity index (χ0) is 26.5. The van der Waals surface area contributed by atoms with E-state index in [1.54, 1.807) is 0 Å². The van der Waals surface area contributed by atoms with Crippen molar-refractivity contribution >= 4 is 22.9 Å². The number of carbonyl (C=O) groups excluding carboxylic acids is 1. The number of piperidine rings is 1. The number of imidazole rings is 1. The second-order valence-electron chi connectivity index (χ2n) is 11.5. The molecule has 3 aliphatic heterocycles. The van der Waals surface area contributed by atoms with Crippen molar-refractivity contribution in [1.82, 2.24) is 14.5 Å². The summed E-state index contributed by atoms with van der Waals surface area (Å²) in [6.45, 7) is 6.19. The van der Waals surface area contributed by atoms with Crippen molar-refractivity contribution in [3.05, 3.63) is 59.9 Å². The van der Waals surface area contributed by atoms with Gasteiger partial charge in [0.2, 0.25) is 5.91 Å². The molecular formula is C30H35N3O5. The summed E-state index contributed by atoms with van der Waals surface area (Å²) in [5.41, 5.74) is 2.07.